The molecule has 0 saturated heterocycles. The van der Waals surface area contributed by atoms with Crippen LogP contribution >= 0.6 is 11.6 Å². The van der Waals surface area contributed by atoms with Gasteiger partial charge < -0.3 is 15.8 Å². The molecule has 2 aromatic rings. The topological polar surface area (TPSA) is 60.2 Å². The van der Waals surface area contributed by atoms with E-state index in [0.29, 0.717) is 17.4 Å². The fourth-order valence-electron chi connectivity index (χ4n) is 1.82. The lowest BCUT2D eigenvalue weighted by Gasteiger charge is -2.17. The van der Waals surface area contributed by atoms with Gasteiger partial charge >= 0.3 is 0 Å². The molecule has 1 aromatic heterocycles. The summed E-state index contributed by atoms with van der Waals surface area (Å²) in [5.41, 5.74) is 7.26. The van der Waals surface area contributed by atoms with Crippen molar-refractivity contribution in [2.75, 3.05) is 18.2 Å². The van der Waals surface area contributed by atoms with Gasteiger partial charge in [-0.1, -0.05) is 29.8 Å². The molecule has 4 nitrogen and oxygen atoms in total. The van der Waals surface area contributed by atoms with Crippen LogP contribution in [0.15, 0.2) is 36.4 Å². The van der Waals surface area contributed by atoms with Crippen LogP contribution in [0.3, 0.4) is 0 Å². The van der Waals surface area contributed by atoms with Gasteiger partial charge in [0, 0.05) is 5.02 Å². The van der Waals surface area contributed by atoms with Crippen LogP contribution in [0.1, 0.15) is 18.5 Å². The van der Waals surface area contributed by atoms with Gasteiger partial charge in [0.2, 0.25) is 5.88 Å². The fourth-order valence-corrected chi connectivity index (χ4v) is 2.12. The van der Waals surface area contributed by atoms with E-state index in [2.05, 4.69) is 10.3 Å². The fraction of sp³-hybridized carbons (Fsp3) is 0.214. The first kappa shape index (κ1) is 13.5. The predicted molar refractivity (Wildman–Crippen MR) is 78.7 cm³/mol. The van der Waals surface area contributed by atoms with E-state index in [4.69, 9.17) is 22.1 Å². The SMILES string of the molecule is COc1nc(NC(C)c2ccccc2Cl)ccc1N. The second kappa shape index (κ2) is 5.80. The normalized spacial score (nSPS) is 11.9. The summed E-state index contributed by atoms with van der Waals surface area (Å²) in [4.78, 5) is 4.28. The highest BCUT2D eigenvalue weighted by atomic mass is 35.5. The Bertz CT molecular complexity index is 574. The summed E-state index contributed by atoms with van der Waals surface area (Å²) in [6.07, 6.45) is 0. The first-order valence-corrected chi connectivity index (χ1v) is 6.31. The van der Waals surface area contributed by atoms with E-state index >= 15 is 0 Å². The van der Waals surface area contributed by atoms with E-state index in [9.17, 15) is 0 Å². The van der Waals surface area contributed by atoms with Crippen molar-refractivity contribution in [3.8, 4) is 5.88 Å². The molecule has 1 aromatic carbocycles. The molecule has 5 heteroatoms. The molecule has 0 radical (unpaired) electrons. The van der Waals surface area contributed by atoms with Crippen LogP contribution < -0.4 is 15.8 Å². The van der Waals surface area contributed by atoms with Gasteiger partial charge in [0.25, 0.3) is 0 Å². The number of nitrogens with two attached hydrogens (primary N) is 1. The molecule has 1 atom stereocenters. The average Bonchev–Trinajstić information content (AvgIpc) is 2.41. The van der Waals surface area contributed by atoms with Crippen molar-refractivity contribution in [3.05, 3.63) is 47.0 Å². The Morgan fingerprint density at radius 2 is 2.00 bits per heavy atom. The summed E-state index contributed by atoms with van der Waals surface area (Å²) in [7, 11) is 1.54. The zero-order chi connectivity index (χ0) is 13.8. The smallest absolute Gasteiger partial charge is 0.238 e. The summed E-state index contributed by atoms with van der Waals surface area (Å²) in [5, 5.41) is 4.00. The van der Waals surface area contributed by atoms with Crippen LogP contribution in [0.25, 0.3) is 0 Å². The Morgan fingerprint density at radius 1 is 1.26 bits per heavy atom. The predicted octanol–water partition coefficient (Wildman–Crippen LogP) is 3.50. The first-order chi connectivity index (χ1) is 9.11. The lowest BCUT2D eigenvalue weighted by molar-refractivity contribution is 0.401. The third-order valence-corrected chi connectivity index (χ3v) is 3.16. The molecule has 3 N–H and O–H groups in total. The van der Waals surface area contributed by atoms with Crippen molar-refractivity contribution >= 4 is 23.1 Å². The van der Waals surface area contributed by atoms with E-state index in [1.54, 1.807) is 13.2 Å². The molecule has 0 amide bonds. The van der Waals surface area contributed by atoms with Crippen molar-refractivity contribution in [3.63, 3.8) is 0 Å². The molecular weight excluding hydrogens is 262 g/mol. The van der Waals surface area contributed by atoms with E-state index in [1.807, 2.05) is 37.3 Å². The molecule has 0 aliphatic heterocycles. The van der Waals surface area contributed by atoms with Crippen molar-refractivity contribution < 1.29 is 4.74 Å². The lowest BCUT2D eigenvalue weighted by atomic mass is 10.1. The van der Waals surface area contributed by atoms with Crippen LogP contribution in [-0.2, 0) is 0 Å². The minimum atomic E-state index is 0.0366. The molecule has 0 fully saturated rings. The Morgan fingerprint density at radius 3 is 2.68 bits per heavy atom. The summed E-state index contributed by atoms with van der Waals surface area (Å²) in [6.45, 7) is 2.02. The molecule has 1 unspecified atom stereocenters. The Balaban J connectivity index is 2.19. The largest absolute Gasteiger partial charge is 0.479 e. The second-order valence-electron chi connectivity index (χ2n) is 4.18. The summed E-state index contributed by atoms with van der Waals surface area (Å²) < 4.78 is 5.09. The van der Waals surface area contributed by atoms with Crippen LogP contribution in [-0.4, -0.2) is 12.1 Å². The minimum absolute atomic E-state index is 0.0366. The Kier molecular flexibility index (Phi) is 4.12. The van der Waals surface area contributed by atoms with Gasteiger partial charge in [0.05, 0.1) is 18.8 Å². The number of hydrogen-bond donors (Lipinski definition) is 2. The molecule has 0 aliphatic rings. The van der Waals surface area contributed by atoms with E-state index in [-0.39, 0.29) is 6.04 Å². The van der Waals surface area contributed by atoms with Crippen molar-refractivity contribution in [1.29, 1.82) is 0 Å². The maximum atomic E-state index is 6.16. The summed E-state index contributed by atoms with van der Waals surface area (Å²) in [5.74, 6) is 1.11. The zero-order valence-corrected chi connectivity index (χ0v) is 11.6. The van der Waals surface area contributed by atoms with Gasteiger partial charge in [-0.3, -0.25) is 0 Å². The molecule has 0 spiro atoms. The molecular formula is C14H16ClN3O. The molecule has 19 heavy (non-hydrogen) atoms. The summed E-state index contributed by atoms with van der Waals surface area (Å²) in [6, 6.07) is 11.3. The van der Waals surface area contributed by atoms with E-state index < -0.39 is 0 Å². The van der Waals surface area contributed by atoms with Gasteiger partial charge in [0.1, 0.15) is 5.82 Å². The van der Waals surface area contributed by atoms with Crippen LogP contribution in [0.5, 0.6) is 5.88 Å². The molecule has 2 rings (SSSR count). The number of benzene rings is 1. The summed E-state index contributed by atoms with van der Waals surface area (Å²) >= 11 is 6.16. The Labute approximate surface area is 117 Å². The highest BCUT2D eigenvalue weighted by Crippen LogP contribution is 2.27. The third-order valence-electron chi connectivity index (χ3n) is 2.82. The van der Waals surface area contributed by atoms with Gasteiger partial charge in [0.15, 0.2) is 0 Å². The van der Waals surface area contributed by atoms with Gasteiger partial charge in [-0.25, -0.2) is 0 Å². The van der Waals surface area contributed by atoms with Gasteiger partial charge in [-0.05, 0) is 30.7 Å². The van der Waals surface area contributed by atoms with E-state index in [0.717, 1.165) is 10.6 Å². The number of nitrogens with one attached hydrogen (secondary N) is 1. The highest BCUT2D eigenvalue weighted by Gasteiger charge is 2.10. The van der Waals surface area contributed by atoms with Crippen molar-refractivity contribution in [2.24, 2.45) is 0 Å². The van der Waals surface area contributed by atoms with Crippen LogP contribution in [0.2, 0.25) is 5.02 Å². The third kappa shape index (κ3) is 3.09. The second-order valence-corrected chi connectivity index (χ2v) is 4.59. The zero-order valence-electron chi connectivity index (χ0n) is 10.9. The number of halogens is 1. The minimum Gasteiger partial charge on any atom is -0.479 e. The van der Waals surface area contributed by atoms with Crippen molar-refractivity contribution in [1.82, 2.24) is 4.98 Å². The molecule has 100 valence electrons. The number of rotatable bonds is 4. The molecule has 0 bridgehead atoms. The number of hydrogen-bond acceptors (Lipinski definition) is 4. The first-order valence-electron chi connectivity index (χ1n) is 5.93. The number of ether oxygens (including phenoxy) is 1. The number of methoxy groups -OCH3 is 1. The maximum absolute atomic E-state index is 6.16. The standard InChI is InChI=1S/C14H16ClN3O/c1-9(10-5-3-4-6-11(10)15)17-13-8-7-12(16)14(18-13)19-2/h3-9H,16H2,1-2H3,(H,17,18). The highest BCUT2D eigenvalue weighted by molar-refractivity contribution is 6.31. The average molecular weight is 278 g/mol. The quantitative estimate of drug-likeness (QED) is 0.898. The number of aromatic nitrogens is 1. The number of anilines is 2. The molecule has 1 heterocycles. The lowest BCUT2D eigenvalue weighted by Crippen LogP contribution is -2.09. The maximum Gasteiger partial charge on any atom is 0.238 e. The monoisotopic (exact) mass is 277 g/mol. The number of pyridine rings is 1. The van der Waals surface area contributed by atoms with Crippen LogP contribution in [0, 0.1) is 0 Å². The van der Waals surface area contributed by atoms with Crippen LogP contribution in [0.4, 0.5) is 11.5 Å². The molecule has 0 aliphatic carbocycles. The number of nitrogens with zero attached hydrogens (tertiary/aromatic N) is 1. The number of nitrogen functional groups attached to an aromatic ring is 1. The van der Waals surface area contributed by atoms with Crippen molar-refractivity contribution in [2.45, 2.75) is 13.0 Å². The van der Waals surface area contributed by atoms with E-state index in [1.165, 1.54) is 0 Å². The Hall–Kier alpha value is -1.94. The molecule has 0 saturated carbocycles. The van der Waals surface area contributed by atoms with Gasteiger partial charge in [-0.15, -0.1) is 0 Å². The van der Waals surface area contributed by atoms with Gasteiger partial charge in [-0.2, -0.15) is 4.98 Å².